The fraction of sp³-hybridized carbons (Fsp3) is 0.929. The van der Waals surface area contributed by atoms with E-state index in [4.69, 9.17) is 0 Å². The van der Waals surface area contributed by atoms with Crippen molar-refractivity contribution < 1.29 is 4.79 Å². The molecule has 1 aliphatic carbocycles. The van der Waals surface area contributed by atoms with Crippen LogP contribution in [0.2, 0.25) is 0 Å². The molecule has 2 bridgehead atoms. The van der Waals surface area contributed by atoms with Gasteiger partial charge in [0.15, 0.2) is 0 Å². The maximum absolute atomic E-state index is 11.5. The highest BCUT2D eigenvalue weighted by Gasteiger charge is 2.39. The largest absolute Gasteiger partial charge is 0.300 e. The van der Waals surface area contributed by atoms with Crippen LogP contribution in [-0.4, -0.2) is 29.3 Å². The smallest absolute Gasteiger partial charge is 0.136 e. The Morgan fingerprint density at radius 3 is 2.25 bits per heavy atom. The molecule has 2 atom stereocenters. The van der Waals surface area contributed by atoms with Crippen LogP contribution in [0.1, 0.15) is 57.8 Å². The minimum Gasteiger partial charge on any atom is -0.300 e. The molecule has 90 valence electrons. The van der Waals surface area contributed by atoms with E-state index in [-0.39, 0.29) is 0 Å². The highest BCUT2D eigenvalue weighted by molar-refractivity contribution is 5.80. The summed E-state index contributed by atoms with van der Waals surface area (Å²) in [6.45, 7) is 1.27. The van der Waals surface area contributed by atoms with Gasteiger partial charge in [-0.3, -0.25) is 9.69 Å². The summed E-state index contributed by atoms with van der Waals surface area (Å²) in [6, 6.07) is 1.24. The Morgan fingerprint density at radius 2 is 1.62 bits per heavy atom. The van der Waals surface area contributed by atoms with E-state index in [0.717, 1.165) is 18.8 Å². The minimum absolute atomic E-state index is 0.518. The van der Waals surface area contributed by atoms with Gasteiger partial charge in [0.1, 0.15) is 5.78 Å². The number of ketones is 1. The summed E-state index contributed by atoms with van der Waals surface area (Å²) in [7, 11) is 0. The van der Waals surface area contributed by atoms with Gasteiger partial charge in [-0.2, -0.15) is 0 Å². The molecule has 2 nitrogen and oxygen atoms in total. The van der Waals surface area contributed by atoms with Crippen LogP contribution in [0, 0.1) is 5.92 Å². The number of nitrogens with zero attached hydrogens (tertiary/aromatic N) is 1. The molecule has 2 heteroatoms. The molecule has 2 unspecified atom stereocenters. The van der Waals surface area contributed by atoms with Crippen LogP contribution in [0.5, 0.6) is 0 Å². The number of hydrogen-bond donors (Lipinski definition) is 0. The average Bonchev–Trinajstić information content (AvgIpc) is 2.83. The molecule has 3 aliphatic rings. The van der Waals surface area contributed by atoms with Gasteiger partial charge in [-0.15, -0.1) is 0 Å². The van der Waals surface area contributed by atoms with E-state index in [0.29, 0.717) is 17.9 Å². The number of rotatable bonds is 3. The molecule has 16 heavy (non-hydrogen) atoms. The van der Waals surface area contributed by atoms with E-state index in [9.17, 15) is 4.79 Å². The lowest BCUT2D eigenvalue weighted by Crippen LogP contribution is -2.43. The van der Waals surface area contributed by atoms with Crippen molar-refractivity contribution in [3.63, 3.8) is 0 Å². The maximum atomic E-state index is 11.5. The second-order valence-corrected chi connectivity index (χ2v) is 6.01. The van der Waals surface area contributed by atoms with Crippen molar-refractivity contribution in [1.29, 1.82) is 0 Å². The van der Waals surface area contributed by atoms with Crippen LogP contribution < -0.4 is 0 Å². The number of fused-ring (bicyclic) bond motifs is 2. The molecule has 2 aliphatic heterocycles. The van der Waals surface area contributed by atoms with Crippen molar-refractivity contribution >= 4 is 5.78 Å². The molecule has 0 N–H and O–H groups in total. The normalized spacial score (nSPS) is 36.1. The lowest BCUT2D eigenvalue weighted by Gasteiger charge is -2.34. The number of Topliss-reactive ketones (excluding diaryl/α,β-unsaturated/α-hetero) is 1. The van der Waals surface area contributed by atoms with Gasteiger partial charge >= 0.3 is 0 Å². The monoisotopic (exact) mass is 221 g/mol. The fourth-order valence-electron chi connectivity index (χ4n) is 4.06. The number of carbonyl (C=O) groups is 1. The van der Waals surface area contributed by atoms with Crippen LogP contribution in [0.3, 0.4) is 0 Å². The van der Waals surface area contributed by atoms with E-state index >= 15 is 0 Å². The van der Waals surface area contributed by atoms with E-state index < -0.39 is 0 Å². The third kappa shape index (κ3) is 2.04. The summed E-state index contributed by atoms with van der Waals surface area (Å²) in [5.41, 5.74) is 0. The fourth-order valence-corrected chi connectivity index (χ4v) is 4.06. The van der Waals surface area contributed by atoms with Crippen LogP contribution >= 0.6 is 0 Å². The van der Waals surface area contributed by atoms with Gasteiger partial charge < -0.3 is 0 Å². The van der Waals surface area contributed by atoms with Crippen LogP contribution in [0.4, 0.5) is 0 Å². The Morgan fingerprint density at radius 1 is 1.00 bits per heavy atom. The summed E-state index contributed by atoms with van der Waals surface area (Å²) in [5.74, 6) is 1.52. The summed E-state index contributed by atoms with van der Waals surface area (Å²) >= 11 is 0. The Balaban J connectivity index is 1.53. The first kappa shape index (κ1) is 10.8. The van der Waals surface area contributed by atoms with Crippen molar-refractivity contribution in [3.05, 3.63) is 0 Å². The highest BCUT2D eigenvalue weighted by atomic mass is 16.1. The molecular formula is C14H23NO. The van der Waals surface area contributed by atoms with Crippen molar-refractivity contribution in [1.82, 2.24) is 4.90 Å². The Hall–Kier alpha value is -0.370. The SMILES string of the molecule is O=C1CC2CCC(C1)N2CCC1CCCC1. The second kappa shape index (κ2) is 4.48. The molecule has 2 heterocycles. The average molecular weight is 221 g/mol. The molecular weight excluding hydrogens is 198 g/mol. The van der Waals surface area contributed by atoms with Crippen molar-refractivity contribution in [2.24, 2.45) is 5.92 Å². The number of piperidine rings is 1. The van der Waals surface area contributed by atoms with Crippen LogP contribution in [0.15, 0.2) is 0 Å². The maximum Gasteiger partial charge on any atom is 0.136 e. The highest BCUT2D eigenvalue weighted by Crippen LogP contribution is 2.35. The van der Waals surface area contributed by atoms with Gasteiger partial charge in [0.05, 0.1) is 0 Å². The van der Waals surface area contributed by atoms with Gasteiger partial charge in [0.2, 0.25) is 0 Å². The first-order chi connectivity index (χ1) is 7.83. The topological polar surface area (TPSA) is 20.3 Å². The third-order valence-corrected chi connectivity index (χ3v) is 4.97. The predicted molar refractivity (Wildman–Crippen MR) is 64.3 cm³/mol. The molecule has 2 saturated heterocycles. The molecule has 0 aromatic heterocycles. The quantitative estimate of drug-likeness (QED) is 0.730. The molecule has 0 aromatic rings. The molecule has 0 aromatic carbocycles. The Labute approximate surface area is 98.4 Å². The Kier molecular flexibility index (Phi) is 3.01. The van der Waals surface area contributed by atoms with Gasteiger partial charge in [-0.05, 0) is 31.7 Å². The first-order valence-electron chi connectivity index (χ1n) is 7.10. The zero-order chi connectivity index (χ0) is 11.0. The minimum atomic E-state index is 0.518. The summed E-state index contributed by atoms with van der Waals surface area (Å²) in [6.07, 6.45) is 11.5. The van der Waals surface area contributed by atoms with Crippen molar-refractivity contribution in [2.45, 2.75) is 69.9 Å². The Bertz CT molecular complexity index is 254. The van der Waals surface area contributed by atoms with Gasteiger partial charge in [0.25, 0.3) is 0 Å². The molecule has 1 saturated carbocycles. The van der Waals surface area contributed by atoms with E-state index in [2.05, 4.69) is 4.90 Å². The molecule has 0 radical (unpaired) electrons. The second-order valence-electron chi connectivity index (χ2n) is 6.01. The van der Waals surface area contributed by atoms with Crippen molar-refractivity contribution in [3.8, 4) is 0 Å². The lowest BCUT2D eigenvalue weighted by molar-refractivity contribution is -0.123. The van der Waals surface area contributed by atoms with Crippen molar-refractivity contribution in [2.75, 3.05) is 6.54 Å². The molecule has 0 amide bonds. The molecule has 0 spiro atoms. The summed E-state index contributed by atoms with van der Waals surface area (Å²) < 4.78 is 0. The van der Waals surface area contributed by atoms with Gasteiger partial charge in [-0.1, -0.05) is 25.7 Å². The molecule has 3 fully saturated rings. The predicted octanol–water partition coefficient (Wildman–Crippen LogP) is 2.76. The lowest BCUT2D eigenvalue weighted by atomic mass is 9.98. The summed E-state index contributed by atoms with van der Waals surface area (Å²) in [5, 5.41) is 0. The van der Waals surface area contributed by atoms with E-state index in [1.165, 1.54) is 51.5 Å². The van der Waals surface area contributed by atoms with E-state index in [1.807, 2.05) is 0 Å². The molecule has 3 rings (SSSR count). The standard InChI is InChI=1S/C14H23NO/c16-14-9-12-5-6-13(10-14)15(12)8-7-11-3-1-2-4-11/h11-13H,1-10H2. The van der Waals surface area contributed by atoms with Gasteiger partial charge in [-0.25, -0.2) is 0 Å². The first-order valence-corrected chi connectivity index (χ1v) is 7.10. The third-order valence-electron chi connectivity index (χ3n) is 4.97. The zero-order valence-electron chi connectivity index (χ0n) is 10.2. The number of carbonyl (C=O) groups excluding carboxylic acids is 1. The zero-order valence-corrected chi connectivity index (χ0v) is 10.2. The van der Waals surface area contributed by atoms with E-state index in [1.54, 1.807) is 0 Å². The van der Waals surface area contributed by atoms with Gasteiger partial charge in [0, 0.05) is 24.9 Å². The summed E-state index contributed by atoms with van der Waals surface area (Å²) in [4.78, 5) is 14.2. The number of hydrogen-bond acceptors (Lipinski definition) is 2. The van der Waals surface area contributed by atoms with Crippen LogP contribution in [0.25, 0.3) is 0 Å². The van der Waals surface area contributed by atoms with Crippen LogP contribution in [-0.2, 0) is 4.79 Å².